The molecule has 3 saturated carbocycles. The molecule has 4 nitrogen and oxygen atoms in total. The summed E-state index contributed by atoms with van der Waals surface area (Å²) >= 11 is 0. The Balaban J connectivity index is 1.87. The molecule has 0 spiro atoms. The first-order valence-electron chi connectivity index (χ1n) is 21.5. The van der Waals surface area contributed by atoms with Crippen LogP contribution in [0, 0.1) is 68.0 Å². The van der Waals surface area contributed by atoms with E-state index in [1.165, 1.54) is 24.0 Å². The second kappa shape index (κ2) is 16.8. The lowest BCUT2D eigenvalue weighted by atomic mass is 9.38. The average molecular weight is 723 g/mol. The minimum atomic E-state index is -0.389. The number of Topliss-reactive ketones (excluding diaryl/α,β-unsaturated/α-hetero) is 1. The Morgan fingerprint density at radius 3 is 2.13 bits per heavy atom. The Morgan fingerprint density at radius 2 is 1.58 bits per heavy atom. The van der Waals surface area contributed by atoms with Crippen LogP contribution in [0.5, 0.6) is 0 Å². The monoisotopic (exact) mass is 723 g/mol. The Morgan fingerprint density at radius 1 is 0.942 bits per heavy atom. The number of aliphatic hydroxyl groups excluding tert-OH is 1. The van der Waals surface area contributed by atoms with Gasteiger partial charge in [0.1, 0.15) is 5.78 Å². The van der Waals surface area contributed by atoms with E-state index in [1.807, 2.05) is 0 Å². The van der Waals surface area contributed by atoms with Gasteiger partial charge in [-0.3, -0.25) is 4.79 Å². The molecule has 0 aromatic heterocycles. The highest BCUT2D eigenvalue weighted by Crippen LogP contribution is 2.70. The van der Waals surface area contributed by atoms with E-state index in [4.69, 9.17) is 12.3 Å². The van der Waals surface area contributed by atoms with E-state index >= 15 is 4.79 Å². The number of nitrogens with one attached hydrogen (secondary N) is 1. The number of nitrogens with two attached hydrogens (primary N) is 1. The van der Waals surface area contributed by atoms with Gasteiger partial charge in [0.25, 0.3) is 0 Å². The highest BCUT2D eigenvalue weighted by atomic mass is 16.3. The van der Waals surface area contributed by atoms with Crippen molar-refractivity contribution in [1.82, 2.24) is 5.32 Å². The molecule has 0 bridgehead atoms. The smallest absolute Gasteiger partial charge is 0.139 e. The number of unbranched alkanes of at least 4 members (excludes halogenated alkanes) is 2. The van der Waals surface area contributed by atoms with Crippen molar-refractivity contribution in [1.29, 1.82) is 0 Å². The summed E-state index contributed by atoms with van der Waals surface area (Å²) in [4.78, 5) is 15.1. The molecule has 3 aliphatic rings. The van der Waals surface area contributed by atoms with Crippen LogP contribution in [0.2, 0.25) is 0 Å². The molecule has 3 rings (SSSR count). The van der Waals surface area contributed by atoms with Crippen molar-refractivity contribution >= 4 is 5.78 Å². The van der Waals surface area contributed by atoms with Crippen molar-refractivity contribution in [2.24, 2.45) is 73.7 Å². The fourth-order valence-electron chi connectivity index (χ4n) is 11.9. The first-order valence-corrected chi connectivity index (χ1v) is 21.5. The Labute approximate surface area is 323 Å². The summed E-state index contributed by atoms with van der Waals surface area (Å²) in [5, 5.41) is 14.3. The van der Waals surface area contributed by atoms with Crippen molar-refractivity contribution < 1.29 is 9.90 Å². The van der Waals surface area contributed by atoms with Crippen LogP contribution in [0.4, 0.5) is 0 Å². The molecule has 52 heavy (non-hydrogen) atoms. The number of ketones is 1. The van der Waals surface area contributed by atoms with Gasteiger partial charge in [0.2, 0.25) is 0 Å². The van der Waals surface area contributed by atoms with Crippen LogP contribution in [0.1, 0.15) is 173 Å². The number of hydrogen-bond acceptors (Lipinski definition) is 4. The molecule has 0 aromatic carbocycles. The Bertz CT molecular complexity index is 1270. The van der Waals surface area contributed by atoms with Crippen molar-refractivity contribution in [3.63, 3.8) is 0 Å². The van der Waals surface area contributed by atoms with E-state index < -0.39 is 0 Å². The Kier molecular flexibility index (Phi) is 14.5. The van der Waals surface area contributed by atoms with Crippen LogP contribution in [0.25, 0.3) is 0 Å². The van der Waals surface area contributed by atoms with Crippen LogP contribution < -0.4 is 11.1 Å². The molecule has 0 aliphatic heterocycles. The molecule has 3 fully saturated rings. The number of carbonyl (C=O) groups excluding carboxylic acids is 1. The fraction of sp³-hybridized carbons (Fsp3) is 0.854. The molecule has 4 N–H and O–H groups in total. The maximum absolute atomic E-state index is 15.1. The second-order valence-electron chi connectivity index (χ2n) is 21.6. The summed E-state index contributed by atoms with van der Waals surface area (Å²) in [5.74, 6) is 2.47. The lowest BCUT2D eigenvalue weighted by Gasteiger charge is -2.66. The predicted octanol–water partition coefficient (Wildman–Crippen LogP) is 12.1. The minimum absolute atomic E-state index is 0.0430. The van der Waals surface area contributed by atoms with Crippen LogP contribution in [0.15, 0.2) is 36.6 Å². The van der Waals surface area contributed by atoms with Crippen LogP contribution >= 0.6 is 0 Å². The van der Waals surface area contributed by atoms with Crippen LogP contribution in [-0.4, -0.2) is 30.1 Å². The molecule has 0 heterocycles. The second-order valence-corrected chi connectivity index (χ2v) is 21.6. The van der Waals surface area contributed by atoms with Crippen molar-refractivity contribution in [3.8, 4) is 0 Å². The van der Waals surface area contributed by atoms with E-state index in [9.17, 15) is 5.11 Å². The van der Waals surface area contributed by atoms with Crippen LogP contribution in [-0.2, 0) is 4.79 Å². The van der Waals surface area contributed by atoms with Gasteiger partial charge in [-0.2, -0.15) is 0 Å². The van der Waals surface area contributed by atoms with Gasteiger partial charge in [-0.15, -0.1) is 0 Å². The number of carbonyl (C=O) groups is 1. The van der Waals surface area contributed by atoms with Crippen molar-refractivity contribution in [2.45, 2.75) is 180 Å². The normalized spacial score (nSPS) is 37.1. The number of rotatable bonds is 16. The maximum atomic E-state index is 15.1. The minimum Gasteiger partial charge on any atom is -0.396 e. The third-order valence-corrected chi connectivity index (χ3v) is 17.0. The van der Waals surface area contributed by atoms with Gasteiger partial charge in [-0.1, -0.05) is 120 Å². The van der Waals surface area contributed by atoms with E-state index in [1.54, 1.807) is 0 Å². The van der Waals surface area contributed by atoms with Gasteiger partial charge in [0.15, 0.2) is 0 Å². The quantitative estimate of drug-likeness (QED) is 0.109. The summed E-state index contributed by atoms with van der Waals surface area (Å²) in [7, 11) is 0. The van der Waals surface area contributed by atoms with Crippen LogP contribution in [0.3, 0.4) is 0 Å². The molecule has 0 saturated heterocycles. The lowest BCUT2D eigenvalue weighted by molar-refractivity contribution is -0.149. The van der Waals surface area contributed by atoms with Gasteiger partial charge in [-0.05, 0) is 141 Å². The maximum Gasteiger partial charge on any atom is 0.139 e. The predicted molar refractivity (Wildman–Crippen MR) is 225 cm³/mol. The summed E-state index contributed by atoms with van der Waals surface area (Å²) in [5.41, 5.74) is 9.41. The van der Waals surface area contributed by atoms with E-state index in [0.29, 0.717) is 30.0 Å². The molecule has 10 atom stereocenters. The summed E-state index contributed by atoms with van der Waals surface area (Å²) in [6, 6.07) is 0.209. The van der Waals surface area contributed by atoms with Gasteiger partial charge in [0, 0.05) is 36.1 Å². The average Bonchev–Trinajstić information content (AvgIpc) is 3.04. The summed E-state index contributed by atoms with van der Waals surface area (Å²) in [6.07, 6.45) is 13.0. The highest BCUT2D eigenvalue weighted by Gasteiger charge is 2.63. The highest BCUT2D eigenvalue weighted by molar-refractivity contribution is 5.86. The fourth-order valence-corrected chi connectivity index (χ4v) is 11.9. The number of hydrogen-bond donors (Lipinski definition) is 3. The van der Waals surface area contributed by atoms with E-state index in [-0.39, 0.29) is 62.9 Å². The van der Waals surface area contributed by atoms with Crippen molar-refractivity contribution in [2.75, 3.05) is 13.2 Å². The van der Waals surface area contributed by atoms with Gasteiger partial charge < -0.3 is 16.2 Å². The first kappa shape index (κ1) is 45.0. The molecule has 0 amide bonds. The molecule has 0 radical (unpaired) electrons. The molecule has 10 unspecified atom stereocenters. The molecule has 3 aliphatic carbocycles. The van der Waals surface area contributed by atoms with Gasteiger partial charge in [0.05, 0.1) is 0 Å². The molecular weight excluding hydrogens is 637 g/mol. The summed E-state index contributed by atoms with van der Waals surface area (Å²) < 4.78 is 0. The van der Waals surface area contributed by atoms with E-state index in [2.05, 4.69) is 108 Å². The SMILES string of the molecule is C=C(CCCCCN)NC1CC(C)C(CC(=O)C2(CCC(C)(C)C)CCC(C)(C3(C)CCC(C(C)(C)C(=C)C)C(C)(C)C3C)C(=C)C2C)CC1CO. The van der Waals surface area contributed by atoms with Gasteiger partial charge >= 0.3 is 0 Å². The molecule has 300 valence electrons. The first-order chi connectivity index (χ1) is 23.9. The zero-order valence-electron chi connectivity index (χ0n) is 36.7. The standard InChI is InChI=1S/C48H86N2O2/c1-32(2)44(11,12)41-21-22-47(16,37(7)45(41,13)14)46(15)24-26-48(36(6)35(46)5,25-23-43(8,9)10)42(52)30-38-29-39(31-51)40(28-33(38)3)50-34(4)20-18-17-19-27-49/h33,36-41,50-51H,1,4-5,17-31,49H2,2-3,6-16H3. The third-order valence-electron chi connectivity index (χ3n) is 17.0. The third kappa shape index (κ3) is 8.85. The molecule has 4 heteroatoms. The Hall–Kier alpha value is -1.39. The number of allylic oxidation sites excluding steroid dienone is 3. The summed E-state index contributed by atoms with van der Waals surface area (Å²) in [6.45, 7) is 46.0. The van der Waals surface area contributed by atoms with Crippen molar-refractivity contribution in [3.05, 3.63) is 36.6 Å². The van der Waals surface area contributed by atoms with Gasteiger partial charge in [-0.25, -0.2) is 0 Å². The molecule has 0 aromatic rings. The zero-order chi connectivity index (χ0) is 39.7. The zero-order valence-corrected chi connectivity index (χ0v) is 36.7. The topological polar surface area (TPSA) is 75.3 Å². The lowest BCUT2D eigenvalue weighted by Crippen LogP contribution is -2.59. The number of aliphatic hydroxyl groups is 1. The molecular formula is C48H86N2O2. The van der Waals surface area contributed by atoms with E-state index in [0.717, 1.165) is 76.5 Å². The largest absolute Gasteiger partial charge is 0.396 e.